The molecule has 8 heteroatoms. The van der Waals surface area contributed by atoms with Gasteiger partial charge in [0, 0.05) is 30.7 Å². The van der Waals surface area contributed by atoms with E-state index in [1.54, 1.807) is 36.9 Å². The number of carbonyl (C=O) groups is 2. The Hall–Kier alpha value is -2.58. The van der Waals surface area contributed by atoms with Crippen LogP contribution in [0.4, 0.5) is 9.52 Å². The van der Waals surface area contributed by atoms with E-state index in [9.17, 15) is 14.0 Å². The fraction of sp³-hybridized carbons (Fsp3) is 0.381. The zero-order valence-corrected chi connectivity index (χ0v) is 16.5. The van der Waals surface area contributed by atoms with Gasteiger partial charge in [0.15, 0.2) is 16.7 Å². The molecular weight excluding hydrogens is 395 g/mol. The first-order valence-corrected chi connectivity index (χ1v) is 10.4. The first-order chi connectivity index (χ1) is 14.1. The van der Waals surface area contributed by atoms with Crippen LogP contribution in [-0.2, 0) is 19.1 Å². The Morgan fingerprint density at radius 3 is 2.83 bits per heavy atom. The lowest BCUT2D eigenvalue weighted by atomic mass is 9.76. The molecule has 1 saturated carbocycles. The van der Waals surface area contributed by atoms with E-state index in [4.69, 9.17) is 9.47 Å². The van der Waals surface area contributed by atoms with Crippen molar-refractivity contribution in [1.82, 2.24) is 4.98 Å². The number of Topliss-reactive ketones (excluding diaryl/α,β-unsaturated/α-hetero) is 1. The Kier molecular flexibility index (Phi) is 4.48. The lowest BCUT2D eigenvalue weighted by Crippen LogP contribution is -2.43. The van der Waals surface area contributed by atoms with E-state index >= 15 is 0 Å². The summed E-state index contributed by atoms with van der Waals surface area (Å²) in [5, 5.41) is 2.15. The maximum atomic E-state index is 14.8. The van der Waals surface area contributed by atoms with Gasteiger partial charge in [0.05, 0.1) is 17.6 Å². The van der Waals surface area contributed by atoms with Crippen LogP contribution in [0.15, 0.2) is 47.2 Å². The molecule has 150 valence electrons. The van der Waals surface area contributed by atoms with Gasteiger partial charge in [0.2, 0.25) is 0 Å². The number of benzene rings is 1. The Labute approximate surface area is 170 Å². The molecule has 1 aromatic carbocycles. The number of rotatable bonds is 3. The zero-order chi connectivity index (χ0) is 20.1. The maximum Gasteiger partial charge on any atom is 0.296 e. The van der Waals surface area contributed by atoms with Crippen molar-refractivity contribution < 1.29 is 23.5 Å². The van der Waals surface area contributed by atoms with E-state index in [1.807, 2.05) is 0 Å². The minimum atomic E-state index is -0.876. The van der Waals surface area contributed by atoms with Crippen molar-refractivity contribution in [3.63, 3.8) is 0 Å². The van der Waals surface area contributed by atoms with E-state index in [1.165, 1.54) is 22.3 Å². The van der Waals surface area contributed by atoms with E-state index in [-0.39, 0.29) is 34.7 Å². The number of ketones is 1. The highest BCUT2D eigenvalue weighted by Crippen LogP contribution is 2.49. The smallest absolute Gasteiger partial charge is 0.296 e. The number of amides is 1. The molecule has 2 aromatic rings. The topological polar surface area (TPSA) is 68.7 Å². The van der Waals surface area contributed by atoms with Crippen LogP contribution in [-0.4, -0.2) is 36.0 Å². The van der Waals surface area contributed by atoms with Crippen LogP contribution in [0.1, 0.15) is 30.9 Å². The van der Waals surface area contributed by atoms with Gasteiger partial charge in [-0.05, 0) is 18.9 Å². The van der Waals surface area contributed by atoms with Crippen LogP contribution in [0, 0.1) is 11.7 Å². The summed E-state index contributed by atoms with van der Waals surface area (Å²) >= 11 is 1.26. The molecule has 3 heterocycles. The molecule has 4 unspecified atom stereocenters. The van der Waals surface area contributed by atoms with Crippen molar-refractivity contribution in [3.05, 3.63) is 58.6 Å². The van der Waals surface area contributed by atoms with Crippen LogP contribution in [0.2, 0.25) is 0 Å². The average Bonchev–Trinajstić information content (AvgIpc) is 3.35. The highest BCUT2D eigenvalue weighted by Gasteiger charge is 2.54. The third-order valence-electron chi connectivity index (χ3n) is 5.96. The summed E-state index contributed by atoms with van der Waals surface area (Å²) < 4.78 is 26.3. The largest absolute Gasteiger partial charge is 0.483 e. The Morgan fingerprint density at radius 1 is 1.28 bits per heavy atom. The first-order valence-electron chi connectivity index (χ1n) is 9.55. The van der Waals surface area contributed by atoms with Crippen molar-refractivity contribution in [1.29, 1.82) is 0 Å². The van der Waals surface area contributed by atoms with Crippen LogP contribution in [0.25, 0.3) is 0 Å². The number of anilines is 1. The third-order valence-corrected chi connectivity index (χ3v) is 6.73. The second-order valence-corrected chi connectivity index (χ2v) is 8.33. The minimum absolute atomic E-state index is 0.000125. The van der Waals surface area contributed by atoms with Crippen LogP contribution >= 0.6 is 11.3 Å². The number of methoxy groups -OCH3 is 1. The van der Waals surface area contributed by atoms with E-state index in [2.05, 4.69) is 4.98 Å². The van der Waals surface area contributed by atoms with Crippen molar-refractivity contribution in [2.45, 2.75) is 37.5 Å². The summed E-state index contributed by atoms with van der Waals surface area (Å²) in [6.45, 7) is 0. The van der Waals surface area contributed by atoms with Gasteiger partial charge in [0.1, 0.15) is 18.0 Å². The standard InChI is InChI=1S/C21H19FN2O4S/c1-27-11-6-7-13-15(10-11)28-19-16(18(13)25)17(12-4-2-3-5-14(12)22)24(20(19)26)21-23-8-9-29-21/h2-5,8-9,11,13,15,17H,6-7,10H2,1H3. The highest BCUT2D eigenvalue weighted by molar-refractivity contribution is 7.13. The number of nitrogens with zero attached hydrogens (tertiary/aromatic N) is 2. The van der Waals surface area contributed by atoms with Gasteiger partial charge in [-0.15, -0.1) is 11.3 Å². The molecule has 0 radical (unpaired) electrons. The Bertz CT molecular complexity index is 1010. The lowest BCUT2D eigenvalue weighted by Gasteiger charge is -2.38. The minimum Gasteiger partial charge on any atom is -0.483 e. The van der Waals surface area contributed by atoms with E-state index < -0.39 is 23.9 Å². The molecule has 5 rings (SSSR count). The fourth-order valence-electron chi connectivity index (χ4n) is 4.57. The Balaban J connectivity index is 1.63. The molecule has 4 atom stereocenters. The SMILES string of the molecule is COC1CCC2C(=O)C3=C(OC2C1)C(=O)N(c1nccs1)C3c1ccccc1F. The normalized spacial score (nSPS) is 29.0. The molecule has 0 bridgehead atoms. The number of hydrogen-bond donors (Lipinski definition) is 0. The molecule has 2 aliphatic heterocycles. The molecule has 0 N–H and O–H groups in total. The Morgan fingerprint density at radius 2 is 2.10 bits per heavy atom. The summed E-state index contributed by atoms with van der Waals surface area (Å²) in [6, 6.07) is 5.34. The van der Waals surface area contributed by atoms with Gasteiger partial charge >= 0.3 is 0 Å². The van der Waals surface area contributed by atoms with Crippen molar-refractivity contribution >= 4 is 28.2 Å². The second kappa shape index (κ2) is 7.03. The van der Waals surface area contributed by atoms with Crippen molar-refractivity contribution in [2.75, 3.05) is 12.0 Å². The number of aromatic nitrogens is 1. The predicted molar refractivity (Wildman–Crippen MR) is 104 cm³/mol. The molecule has 0 saturated heterocycles. The number of ether oxygens (including phenoxy) is 2. The molecule has 6 nitrogen and oxygen atoms in total. The van der Waals surface area contributed by atoms with Gasteiger partial charge in [0.25, 0.3) is 5.91 Å². The summed E-state index contributed by atoms with van der Waals surface area (Å²) in [4.78, 5) is 32.4. The monoisotopic (exact) mass is 414 g/mol. The van der Waals surface area contributed by atoms with Crippen LogP contribution < -0.4 is 4.90 Å². The highest BCUT2D eigenvalue weighted by atomic mass is 32.1. The third kappa shape index (κ3) is 2.81. The lowest BCUT2D eigenvalue weighted by molar-refractivity contribution is -0.135. The van der Waals surface area contributed by atoms with Crippen LogP contribution in [0.3, 0.4) is 0 Å². The van der Waals surface area contributed by atoms with Gasteiger partial charge in [-0.25, -0.2) is 9.37 Å². The molecule has 29 heavy (non-hydrogen) atoms. The van der Waals surface area contributed by atoms with Crippen LogP contribution in [0.5, 0.6) is 0 Å². The second-order valence-electron chi connectivity index (χ2n) is 7.45. The summed E-state index contributed by atoms with van der Waals surface area (Å²) in [6.07, 6.45) is 3.10. The van der Waals surface area contributed by atoms with Gasteiger partial charge in [-0.2, -0.15) is 0 Å². The quantitative estimate of drug-likeness (QED) is 0.770. The summed E-state index contributed by atoms with van der Waals surface area (Å²) in [5.74, 6) is -1.38. The first kappa shape index (κ1) is 18.4. The van der Waals surface area contributed by atoms with Gasteiger partial charge < -0.3 is 9.47 Å². The molecule has 1 fully saturated rings. The predicted octanol–water partition coefficient (Wildman–Crippen LogP) is 3.41. The molecule has 0 spiro atoms. The van der Waals surface area contributed by atoms with E-state index in [0.29, 0.717) is 18.0 Å². The van der Waals surface area contributed by atoms with Crippen molar-refractivity contribution in [2.24, 2.45) is 5.92 Å². The average molecular weight is 414 g/mol. The summed E-state index contributed by atoms with van der Waals surface area (Å²) in [7, 11) is 1.64. The van der Waals surface area contributed by atoms with Crippen molar-refractivity contribution in [3.8, 4) is 0 Å². The number of thiazole rings is 1. The fourth-order valence-corrected chi connectivity index (χ4v) is 5.23. The number of halogens is 1. The van der Waals surface area contributed by atoms with E-state index in [0.717, 1.165) is 6.42 Å². The maximum absolute atomic E-state index is 14.8. The number of carbonyl (C=O) groups excluding carboxylic acids is 2. The molecule has 1 amide bonds. The van der Waals surface area contributed by atoms with Gasteiger partial charge in [-0.1, -0.05) is 18.2 Å². The van der Waals surface area contributed by atoms with Gasteiger partial charge in [-0.3, -0.25) is 14.5 Å². The molecule has 3 aliphatic rings. The molecular formula is C21H19FN2O4S. The number of hydrogen-bond acceptors (Lipinski definition) is 6. The molecule has 1 aromatic heterocycles. The molecule has 1 aliphatic carbocycles. The summed E-state index contributed by atoms with van der Waals surface area (Å²) in [5.41, 5.74) is 0.509. The number of fused-ring (bicyclic) bond motifs is 1. The zero-order valence-electron chi connectivity index (χ0n) is 15.7.